The van der Waals surface area contributed by atoms with Crippen LogP contribution >= 0.6 is 11.6 Å². The quantitative estimate of drug-likeness (QED) is 0.438. The Balaban J connectivity index is 1.76. The van der Waals surface area contributed by atoms with E-state index in [4.69, 9.17) is 11.6 Å². The first-order valence-electron chi connectivity index (χ1n) is 12.2. The van der Waals surface area contributed by atoms with E-state index in [1.165, 1.54) is 12.8 Å². The molecule has 1 fully saturated rings. The Labute approximate surface area is 208 Å². The fraction of sp³-hybridized carbons (Fsp3) is 0.481. The summed E-state index contributed by atoms with van der Waals surface area (Å²) in [5.74, 6) is -0.342. The van der Waals surface area contributed by atoms with Crippen LogP contribution in [-0.4, -0.2) is 52.8 Å². The van der Waals surface area contributed by atoms with E-state index in [0.29, 0.717) is 18.3 Å². The van der Waals surface area contributed by atoms with Gasteiger partial charge in [0.2, 0.25) is 5.91 Å². The molecule has 1 atom stereocenters. The summed E-state index contributed by atoms with van der Waals surface area (Å²) in [6.45, 7) is 8.99. The number of alkyl halides is 1. The van der Waals surface area contributed by atoms with Crippen molar-refractivity contribution in [3.05, 3.63) is 59.7 Å². The lowest BCUT2D eigenvalue weighted by atomic mass is 10.00. The summed E-state index contributed by atoms with van der Waals surface area (Å²) in [5, 5.41) is 5.89. The van der Waals surface area contributed by atoms with E-state index < -0.39 is 0 Å². The van der Waals surface area contributed by atoms with Gasteiger partial charge in [-0.2, -0.15) is 0 Å². The molecule has 0 aliphatic carbocycles. The highest BCUT2D eigenvalue weighted by molar-refractivity contribution is 6.29. The molecule has 2 aromatic rings. The van der Waals surface area contributed by atoms with Gasteiger partial charge in [0.15, 0.2) is 0 Å². The molecule has 7 heteroatoms. The minimum Gasteiger partial charge on any atom is -0.325 e. The highest BCUT2D eigenvalue weighted by Gasteiger charge is 2.29. The van der Waals surface area contributed by atoms with E-state index in [9.17, 15) is 9.59 Å². The van der Waals surface area contributed by atoms with E-state index >= 15 is 0 Å². The fourth-order valence-corrected chi connectivity index (χ4v) is 4.73. The maximum absolute atomic E-state index is 13.5. The van der Waals surface area contributed by atoms with Crippen LogP contribution in [0.15, 0.2) is 48.5 Å². The van der Waals surface area contributed by atoms with Crippen molar-refractivity contribution < 1.29 is 9.59 Å². The summed E-state index contributed by atoms with van der Waals surface area (Å²) in [7, 11) is 0. The van der Waals surface area contributed by atoms with Gasteiger partial charge in [-0.3, -0.25) is 4.79 Å². The number of nitrogens with one attached hydrogen (secondary N) is 2. The second-order valence-electron chi connectivity index (χ2n) is 9.21. The Hall–Kier alpha value is -2.57. The number of anilines is 2. The van der Waals surface area contributed by atoms with Crippen molar-refractivity contribution in [1.82, 2.24) is 9.80 Å². The van der Waals surface area contributed by atoms with Gasteiger partial charge in [0, 0.05) is 43.1 Å². The maximum atomic E-state index is 13.5. The van der Waals surface area contributed by atoms with E-state index in [-0.39, 0.29) is 23.9 Å². The Morgan fingerprint density at radius 1 is 1.09 bits per heavy atom. The van der Waals surface area contributed by atoms with E-state index in [2.05, 4.69) is 29.4 Å². The van der Waals surface area contributed by atoms with Crippen LogP contribution in [0.3, 0.4) is 0 Å². The molecule has 1 aliphatic rings. The molecule has 1 unspecified atom stereocenters. The molecule has 0 saturated carbocycles. The largest absolute Gasteiger partial charge is 0.325 e. The third kappa shape index (κ3) is 7.47. The van der Waals surface area contributed by atoms with Gasteiger partial charge in [-0.25, -0.2) is 4.79 Å². The number of aryl methyl sites for hydroxylation is 1. The molecule has 0 bridgehead atoms. The molecule has 0 radical (unpaired) electrons. The Morgan fingerprint density at radius 2 is 1.76 bits per heavy atom. The molecule has 2 aromatic carbocycles. The average Bonchev–Trinajstić information content (AvgIpc) is 2.83. The third-order valence-corrected chi connectivity index (χ3v) is 6.73. The Kier molecular flexibility index (Phi) is 9.78. The molecular weight excluding hydrogens is 448 g/mol. The van der Waals surface area contributed by atoms with Gasteiger partial charge >= 0.3 is 6.03 Å². The van der Waals surface area contributed by atoms with Crippen LogP contribution in [-0.2, 0) is 11.3 Å². The van der Waals surface area contributed by atoms with Gasteiger partial charge < -0.3 is 20.4 Å². The molecule has 1 saturated heterocycles. The number of halogens is 1. The summed E-state index contributed by atoms with van der Waals surface area (Å²) in [5.41, 5.74) is 3.55. The normalized spacial score (nSPS) is 15.5. The number of hydrogen-bond donors (Lipinski definition) is 2. The van der Waals surface area contributed by atoms with E-state index in [1.54, 1.807) is 0 Å². The highest BCUT2D eigenvalue weighted by Crippen LogP contribution is 2.24. The maximum Gasteiger partial charge on any atom is 0.322 e. The molecule has 6 nitrogen and oxygen atoms in total. The zero-order valence-electron chi connectivity index (χ0n) is 20.5. The molecule has 0 aromatic heterocycles. The number of rotatable bonds is 9. The van der Waals surface area contributed by atoms with Gasteiger partial charge in [-0.1, -0.05) is 37.6 Å². The van der Waals surface area contributed by atoms with Gasteiger partial charge in [-0.15, -0.1) is 11.6 Å². The van der Waals surface area contributed by atoms with Crippen LogP contribution in [0.2, 0.25) is 0 Å². The lowest BCUT2D eigenvalue weighted by Crippen LogP contribution is -2.50. The minimum atomic E-state index is -0.249. The Morgan fingerprint density at radius 3 is 2.41 bits per heavy atom. The lowest BCUT2D eigenvalue weighted by Gasteiger charge is -2.40. The van der Waals surface area contributed by atoms with Crippen LogP contribution < -0.4 is 10.6 Å². The van der Waals surface area contributed by atoms with Crippen molar-refractivity contribution in [2.45, 2.75) is 65.1 Å². The molecule has 1 heterocycles. The standard InChI is InChI=1S/C27H37ClN4O2/c1-4-7-21(3)31-14-12-25(13-15-31)32(27(34)30-23-10-5-8-20(2)16-23)19-22-9-6-11-24(17-22)29-26(33)18-28/h5-6,8-11,16-17,21,25H,4,7,12-15,18-19H2,1-3H3,(H,29,33)(H,30,34). The summed E-state index contributed by atoms with van der Waals surface area (Å²) >= 11 is 5.63. The van der Waals surface area contributed by atoms with Gasteiger partial charge in [0.05, 0.1) is 0 Å². The van der Waals surface area contributed by atoms with E-state index in [0.717, 1.165) is 42.7 Å². The number of carbonyl (C=O) groups is 2. The van der Waals surface area contributed by atoms with Crippen LogP contribution in [0.4, 0.5) is 16.2 Å². The number of urea groups is 1. The van der Waals surface area contributed by atoms with Crippen molar-refractivity contribution >= 4 is 34.9 Å². The predicted octanol–water partition coefficient (Wildman–Crippen LogP) is 5.86. The molecule has 34 heavy (non-hydrogen) atoms. The lowest BCUT2D eigenvalue weighted by molar-refractivity contribution is -0.113. The van der Waals surface area contributed by atoms with E-state index in [1.807, 2.05) is 60.4 Å². The van der Waals surface area contributed by atoms with Crippen LogP contribution in [0.5, 0.6) is 0 Å². The van der Waals surface area contributed by atoms with Crippen molar-refractivity contribution in [2.24, 2.45) is 0 Å². The van der Waals surface area contributed by atoms with Crippen molar-refractivity contribution in [2.75, 3.05) is 29.6 Å². The average molecular weight is 485 g/mol. The minimum absolute atomic E-state index is 0.0930. The number of amides is 3. The summed E-state index contributed by atoms with van der Waals surface area (Å²) in [6, 6.07) is 16.1. The van der Waals surface area contributed by atoms with Crippen LogP contribution in [0, 0.1) is 6.92 Å². The SMILES string of the molecule is CCCC(C)N1CCC(N(Cc2cccc(NC(=O)CCl)c2)C(=O)Nc2cccc(C)c2)CC1. The molecular formula is C27H37ClN4O2. The molecule has 0 spiro atoms. The number of benzene rings is 2. The molecule has 3 rings (SSSR count). The molecule has 184 valence electrons. The summed E-state index contributed by atoms with van der Waals surface area (Å²) in [6.07, 6.45) is 4.27. The number of hydrogen-bond acceptors (Lipinski definition) is 3. The predicted molar refractivity (Wildman–Crippen MR) is 140 cm³/mol. The number of carbonyl (C=O) groups excluding carboxylic acids is 2. The van der Waals surface area contributed by atoms with Gasteiger partial charge in [-0.05, 0) is 68.5 Å². The number of nitrogens with zero attached hydrogens (tertiary/aromatic N) is 2. The number of piperidine rings is 1. The first-order chi connectivity index (χ1) is 16.4. The third-order valence-electron chi connectivity index (χ3n) is 6.48. The second kappa shape index (κ2) is 12.8. The summed E-state index contributed by atoms with van der Waals surface area (Å²) in [4.78, 5) is 29.7. The van der Waals surface area contributed by atoms with Crippen LogP contribution in [0.1, 0.15) is 50.7 Å². The monoisotopic (exact) mass is 484 g/mol. The summed E-state index contributed by atoms with van der Waals surface area (Å²) < 4.78 is 0. The number of likely N-dealkylation sites (tertiary alicyclic amines) is 1. The smallest absolute Gasteiger partial charge is 0.322 e. The zero-order valence-corrected chi connectivity index (χ0v) is 21.3. The highest BCUT2D eigenvalue weighted by atomic mass is 35.5. The first-order valence-corrected chi connectivity index (χ1v) is 12.8. The van der Waals surface area contributed by atoms with Crippen molar-refractivity contribution in [3.63, 3.8) is 0 Å². The molecule has 2 N–H and O–H groups in total. The fourth-order valence-electron chi connectivity index (χ4n) is 4.66. The first kappa shape index (κ1) is 26.0. The van der Waals surface area contributed by atoms with Crippen LogP contribution in [0.25, 0.3) is 0 Å². The molecule has 3 amide bonds. The topological polar surface area (TPSA) is 64.7 Å². The Bertz CT molecular complexity index is 959. The van der Waals surface area contributed by atoms with Crippen molar-refractivity contribution in [1.29, 1.82) is 0 Å². The molecule has 1 aliphatic heterocycles. The second-order valence-corrected chi connectivity index (χ2v) is 9.48. The zero-order chi connectivity index (χ0) is 24.5. The van der Waals surface area contributed by atoms with Gasteiger partial charge in [0.1, 0.15) is 5.88 Å². The van der Waals surface area contributed by atoms with Gasteiger partial charge in [0.25, 0.3) is 0 Å². The van der Waals surface area contributed by atoms with Crippen molar-refractivity contribution in [3.8, 4) is 0 Å².